The van der Waals surface area contributed by atoms with E-state index in [1.54, 1.807) is 42.1 Å². The molecule has 0 amide bonds. The number of hydrogen-bond donors (Lipinski definition) is 0. The Morgan fingerprint density at radius 2 is 1.53 bits per heavy atom. The van der Waals surface area contributed by atoms with Gasteiger partial charge in [0.25, 0.3) is 0 Å². The highest BCUT2D eigenvalue weighted by Gasteiger charge is 2.14. The minimum Gasteiger partial charge on any atom is -0.460 e. The Morgan fingerprint density at radius 3 is 2.09 bits per heavy atom. The molecular formula is C25H27Cl2N3O4. The monoisotopic (exact) mass is 503 g/mol. The summed E-state index contributed by atoms with van der Waals surface area (Å²) in [5.41, 5.74) is 1.56. The van der Waals surface area contributed by atoms with Gasteiger partial charge >= 0.3 is 0 Å². The fourth-order valence-electron chi connectivity index (χ4n) is 2.89. The van der Waals surface area contributed by atoms with Gasteiger partial charge in [-0.05, 0) is 68.8 Å². The first kappa shape index (κ1) is 25.5. The standard InChI is InChI=1S/C25H27Cl2N3O4/c1-5-6-15-31-28-16-23-17(2)29-30(4)25(23)34-22-13-11-21(12-14-22)33-20-9-7-19(8-10-20)32-18(3)24(26)27/h7-14,16H,5-6,15H2,1-4H3/b28-16+. The van der Waals surface area contributed by atoms with Gasteiger partial charge in [0.05, 0.1) is 17.5 Å². The first-order chi connectivity index (χ1) is 16.4. The van der Waals surface area contributed by atoms with Crippen molar-refractivity contribution >= 4 is 29.4 Å². The van der Waals surface area contributed by atoms with E-state index in [2.05, 4.69) is 17.2 Å². The van der Waals surface area contributed by atoms with Gasteiger partial charge in [-0.15, -0.1) is 0 Å². The van der Waals surface area contributed by atoms with Crippen LogP contribution in [0.3, 0.4) is 0 Å². The second-order valence-corrected chi connectivity index (χ2v) is 8.36. The predicted octanol–water partition coefficient (Wildman–Crippen LogP) is 7.51. The zero-order valence-corrected chi connectivity index (χ0v) is 21.1. The maximum Gasteiger partial charge on any atom is 0.226 e. The van der Waals surface area contributed by atoms with Crippen LogP contribution in [0.25, 0.3) is 0 Å². The Morgan fingerprint density at radius 1 is 0.971 bits per heavy atom. The van der Waals surface area contributed by atoms with Gasteiger partial charge in [-0.25, -0.2) is 4.68 Å². The van der Waals surface area contributed by atoms with Gasteiger partial charge in [-0.3, -0.25) is 0 Å². The number of unbranched alkanes of at least 4 members (excludes halogenated alkanes) is 1. The van der Waals surface area contributed by atoms with E-state index in [0.29, 0.717) is 41.2 Å². The Labute approximate surface area is 209 Å². The first-order valence-corrected chi connectivity index (χ1v) is 11.6. The summed E-state index contributed by atoms with van der Waals surface area (Å²) in [7, 11) is 1.82. The molecule has 0 aliphatic rings. The highest BCUT2D eigenvalue weighted by Crippen LogP contribution is 2.30. The van der Waals surface area contributed by atoms with E-state index in [1.807, 2.05) is 38.2 Å². The summed E-state index contributed by atoms with van der Waals surface area (Å²) in [5.74, 6) is 3.56. The van der Waals surface area contributed by atoms with Crippen LogP contribution in [0.4, 0.5) is 0 Å². The summed E-state index contributed by atoms with van der Waals surface area (Å²) < 4.78 is 19.3. The van der Waals surface area contributed by atoms with E-state index in [0.717, 1.165) is 24.1 Å². The van der Waals surface area contributed by atoms with Gasteiger partial charge in [0, 0.05) is 7.05 Å². The zero-order valence-electron chi connectivity index (χ0n) is 19.5. The molecule has 0 saturated heterocycles. The van der Waals surface area contributed by atoms with Crippen LogP contribution in [-0.2, 0) is 11.9 Å². The third-order valence-corrected chi connectivity index (χ3v) is 5.23. The first-order valence-electron chi connectivity index (χ1n) is 10.8. The lowest BCUT2D eigenvalue weighted by molar-refractivity contribution is 0.142. The average molecular weight is 504 g/mol. The molecule has 0 bridgehead atoms. The van der Waals surface area contributed by atoms with E-state index < -0.39 is 0 Å². The summed E-state index contributed by atoms with van der Waals surface area (Å²) in [6.45, 7) is 6.27. The molecule has 0 aliphatic carbocycles. The van der Waals surface area contributed by atoms with Crippen molar-refractivity contribution in [2.45, 2.75) is 33.6 Å². The van der Waals surface area contributed by atoms with Gasteiger partial charge in [-0.1, -0.05) is 41.7 Å². The third kappa shape index (κ3) is 7.17. The number of rotatable bonds is 11. The number of aromatic nitrogens is 2. The normalized spacial score (nSPS) is 10.9. The van der Waals surface area contributed by atoms with Crippen molar-refractivity contribution in [3.8, 4) is 28.9 Å². The smallest absolute Gasteiger partial charge is 0.226 e. The fraction of sp³-hybridized carbons (Fsp3) is 0.280. The lowest BCUT2D eigenvalue weighted by Crippen LogP contribution is -1.97. The molecule has 0 unspecified atom stereocenters. The van der Waals surface area contributed by atoms with Crippen LogP contribution >= 0.6 is 23.2 Å². The molecule has 2 aromatic carbocycles. The summed E-state index contributed by atoms with van der Waals surface area (Å²) in [4.78, 5) is 5.29. The molecule has 0 saturated carbocycles. The summed E-state index contributed by atoms with van der Waals surface area (Å²) in [6.07, 6.45) is 3.64. The van der Waals surface area contributed by atoms with Crippen LogP contribution in [0.2, 0.25) is 0 Å². The van der Waals surface area contributed by atoms with Crippen LogP contribution in [0.1, 0.15) is 37.9 Å². The van der Waals surface area contributed by atoms with E-state index in [9.17, 15) is 0 Å². The van der Waals surface area contributed by atoms with Gasteiger partial charge < -0.3 is 19.0 Å². The topological polar surface area (TPSA) is 67.1 Å². The SMILES string of the molecule is CCCCO/N=C/c1c(C)nn(C)c1Oc1ccc(Oc2ccc(OC(C)=C(Cl)Cl)cc2)cc1. The van der Waals surface area contributed by atoms with Gasteiger partial charge in [0.1, 0.15) is 39.9 Å². The van der Waals surface area contributed by atoms with E-state index >= 15 is 0 Å². The number of allylic oxidation sites excluding steroid dienone is 1. The van der Waals surface area contributed by atoms with E-state index in [1.165, 1.54) is 0 Å². The number of benzene rings is 2. The molecule has 3 rings (SSSR count). The highest BCUT2D eigenvalue weighted by molar-refractivity contribution is 6.56. The van der Waals surface area contributed by atoms with Crippen molar-refractivity contribution in [2.75, 3.05) is 6.61 Å². The van der Waals surface area contributed by atoms with Crippen LogP contribution in [0, 0.1) is 6.92 Å². The minimum atomic E-state index is 0.0867. The molecule has 7 nitrogen and oxygen atoms in total. The molecule has 9 heteroatoms. The molecule has 3 aromatic rings. The molecule has 0 fully saturated rings. The Hall–Kier alpha value is -3.16. The highest BCUT2D eigenvalue weighted by atomic mass is 35.5. The molecule has 1 aromatic heterocycles. The van der Waals surface area contributed by atoms with E-state index in [-0.39, 0.29) is 4.49 Å². The molecule has 34 heavy (non-hydrogen) atoms. The maximum atomic E-state index is 6.07. The quantitative estimate of drug-likeness (QED) is 0.117. The van der Waals surface area contributed by atoms with Crippen molar-refractivity contribution in [1.29, 1.82) is 0 Å². The second-order valence-electron chi connectivity index (χ2n) is 7.41. The van der Waals surface area contributed by atoms with Gasteiger partial charge in [0.15, 0.2) is 0 Å². The van der Waals surface area contributed by atoms with Crippen LogP contribution < -0.4 is 14.2 Å². The lowest BCUT2D eigenvalue weighted by Gasteiger charge is -2.10. The maximum absolute atomic E-state index is 6.07. The summed E-state index contributed by atoms with van der Waals surface area (Å²) >= 11 is 11.4. The molecule has 0 N–H and O–H groups in total. The number of oxime groups is 1. The molecule has 1 heterocycles. The van der Waals surface area contributed by atoms with Crippen LogP contribution in [0.15, 0.2) is 63.9 Å². The van der Waals surface area contributed by atoms with Crippen LogP contribution in [0.5, 0.6) is 28.9 Å². The average Bonchev–Trinajstić information content (AvgIpc) is 3.08. The lowest BCUT2D eigenvalue weighted by atomic mass is 10.2. The van der Waals surface area contributed by atoms with Gasteiger partial charge in [-0.2, -0.15) is 5.10 Å². The molecule has 0 aliphatic heterocycles. The summed E-state index contributed by atoms with van der Waals surface area (Å²) in [5, 5.41) is 8.47. The van der Waals surface area contributed by atoms with Gasteiger partial charge in [0.2, 0.25) is 5.88 Å². The molecule has 180 valence electrons. The third-order valence-electron chi connectivity index (χ3n) is 4.69. The Bertz CT molecular complexity index is 1140. The predicted molar refractivity (Wildman–Crippen MR) is 134 cm³/mol. The Balaban J connectivity index is 1.64. The van der Waals surface area contributed by atoms with E-state index in [4.69, 9.17) is 42.3 Å². The molecule has 0 radical (unpaired) electrons. The number of aryl methyl sites for hydroxylation is 2. The zero-order chi connectivity index (χ0) is 24.5. The number of halogens is 2. The van der Waals surface area contributed by atoms with Crippen molar-refractivity contribution in [2.24, 2.45) is 12.2 Å². The number of ether oxygens (including phenoxy) is 3. The Kier molecular flexibility index (Phi) is 9.24. The van der Waals surface area contributed by atoms with Crippen molar-refractivity contribution < 1.29 is 19.0 Å². The molecular weight excluding hydrogens is 477 g/mol. The fourth-order valence-corrected chi connectivity index (χ4v) is 2.97. The number of hydrogen-bond acceptors (Lipinski definition) is 6. The largest absolute Gasteiger partial charge is 0.460 e. The van der Waals surface area contributed by atoms with Crippen molar-refractivity contribution in [3.05, 3.63) is 70.0 Å². The molecule has 0 atom stereocenters. The number of nitrogens with zero attached hydrogens (tertiary/aromatic N) is 3. The van der Waals surface area contributed by atoms with Crippen molar-refractivity contribution in [3.63, 3.8) is 0 Å². The minimum absolute atomic E-state index is 0.0867. The second kappa shape index (κ2) is 12.3. The molecule has 0 spiro atoms. The summed E-state index contributed by atoms with van der Waals surface area (Å²) in [6, 6.07) is 14.4. The van der Waals surface area contributed by atoms with Crippen LogP contribution in [-0.4, -0.2) is 22.6 Å². The van der Waals surface area contributed by atoms with Crippen molar-refractivity contribution in [1.82, 2.24) is 9.78 Å².